The van der Waals surface area contributed by atoms with Crippen LogP contribution in [-0.2, 0) is 19.9 Å². The van der Waals surface area contributed by atoms with Gasteiger partial charge in [0.05, 0.1) is 29.3 Å². The van der Waals surface area contributed by atoms with Gasteiger partial charge in [0.15, 0.2) is 12.4 Å². The van der Waals surface area contributed by atoms with E-state index in [1.165, 1.54) is 73.0 Å². The average molecular weight is 657 g/mol. The molecule has 0 bridgehead atoms. The third-order valence-corrected chi connectivity index (χ3v) is 6.43. The summed E-state index contributed by atoms with van der Waals surface area (Å²) >= 11 is 0. The number of likely N-dealkylation sites (N-methyl/N-ethyl adjacent to an activating group) is 1. The van der Waals surface area contributed by atoms with E-state index in [1.807, 2.05) is 25.6 Å². The molecule has 1 aliphatic rings. The first kappa shape index (κ1) is 40.2. The summed E-state index contributed by atoms with van der Waals surface area (Å²) in [6, 6.07) is 4.18. The topological polar surface area (TPSA) is 84.7 Å². The molecule has 0 saturated carbocycles. The van der Waals surface area contributed by atoms with E-state index in [0.717, 1.165) is 38.6 Å². The van der Waals surface area contributed by atoms with Crippen LogP contribution < -0.4 is 58.1 Å². The first-order chi connectivity index (χ1) is 17.6. The van der Waals surface area contributed by atoms with Gasteiger partial charge in [0, 0.05) is 34.7 Å². The minimum atomic E-state index is 0. The van der Waals surface area contributed by atoms with E-state index in [9.17, 15) is 0 Å². The maximum Gasteiger partial charge on any atom is 1.00 e. The van der Waals surface area contributed by atoms with Crippen molar-refractivity contribution in [2.75, 3.05) is 27.2 Å². The van der Waals surface area contributed by atoms with Crippen LogP contribution in [0.4, 0.5) is 0 Å². The Balaban J connectivity index is -0.000000589. The van der Waals surface area contributed by atoms with Crippen LogP contribution in [0.2, 0.25) is 0 Å². The van der Waals surface area contributed by atoms with Crippen LogP contribution in [0.15, 0.2) is 43.0 Å². The van der Waals surface area contributed by atoms with Crippen LogP contribution in [0, 0.1) is 0 Å². The predicted octanol–water partition coefficient (Wildman–Crippen LogP) is -1.16. The summed E-state index contributed by atoms with van der Waals surface area (Å²) in [6.45, 7) is 6.69. The van der Waals surface area contributed by atoms with E-state index in [1.54, 1.807) is 0 Å². The minimum Gasteiger partial charge on any atom is -1.00 e. The van der Waals surface area contributed by atoms with Crippen LogP contribution in [0.3, 0.4) is 0 Å². The molecule has 7 nitrogen and oxygen atoms in total. The van der Waals surface area contributed by atoms with Crippen molar-refractivity contribution in [2.24, 2.45) is 7.05 Å². The third kappa shape index (κ3) is 14.0. The molecular formula is C29H48BIN6NaO. The van der Waals surface area contributed by atoms with Gasteiger partial charge in [-0.2, -0.15) is 10.2 Å². The number of aryl methyl sites for hydroxylation is 3. The standard InChI is InChI=1S/C14H23N3.C14H20N3.CH4O.B.HI.Na.H/c2*1-3-4-5-7-12-10-15-16-14(12)13-8-6-9-17(2)11-13;1-2;;;;/h8,10H,3-7,9,11H2,1-2H3,(H,15,16);6,8-11H,3-5,7H2,1-2H3,(H,15,16);2H,1H3;;1H;;/q;+1;;;;+1;-1/p-1. The van der Waals surface area contributed by atoms with E-state index in [0.29, 0.717) is 0 Å². The van der Waals surface area contributed by atoms with E-state index in [4.69, 9.17) is 5.11 Å². The van der Waals surface area contributed by atoms with Gasteiger partial charge in [0.25, 0.3) is 0 Å². The Hall–Kier alpha value is -0.975. The third-order valence-electron chi connectivity index (χ3n) is 6.43. The molecule has 0 saturated heterocycles. The predicted molar refractivity (Wildman–Crippen MR) is 155 cm³/mol. The molecule has 0 aliphatic carbocycles. The van der Waals surface area contributed by atoms with Gasteiger partial charge < -0.3 is 35.4 Å². The largest absolute Gasteiger partial charge is 1.00 e. The van der Waals surface area contributed by atoms with Crippen LogP contribution in [-0.4, -0.2) is 66.1 Å². The number of aliphatic hydroxyl groups is 1. The number of hydrogen-bond acceptors (Lipinski definition) is 4. The number of hydrogen-bond donors (Lipinski definition) is 3. The summed E-state index contributed by atoms with van der Waals surface area (Å²) in [5.74, 6) is 0. The summed E-state index contributed by atoms with van der Waals surface area (Å²) in [6.07, 6.45) is 21.5. The van der Waals surface area contributed by atoms with E-state index >= 15 is 0 Å². The smallest absolute Gasteiger partial charge is 1.00 e. The fourth-order valence-corrected chi connectivity index (χ4v) is 4.47. The molecule has 39 heavy (non-hydrogen) atoms. The second-order valence-corrected chi connectivity index (χ2v) is 9.47. The van der Waals surface area contributed by atoms with Gasteiger partial charge >= 0.3 is 29.6 Å². The molecule has 3 radical (unpaired) electrons. The molecule has 0 spiro atoms. The summed E-state index contributed by atoms with van der Waals surface area (Å²) < 4.78 is 2.06. The number of aromatic nitrogens is 5. The normalized spacial score (nSPS) is 12.3. The molecule has 0 fully saturated rings. The van der Waals surface area contributed by atoms with Crippen LogP contribution >= 0.6 is 0 Å². The maximum atomic E-state index is 7.00. The molecule has 0 atom stereocenters. The second-order valence-electron chi connectivity index (χ2n) is 9.47. The number of pyridine rings is 1. The first-order valence-electron chi connectivity index (χ1n) is 13.4. The maximum absolute atomic E-state index is 7.00. The molecule has 4 rings (SSSR count). The van der Waals surface area contributed by atoms with Crippen molar-refractivity contribution in [2.45, 2.75) is 71.6 Å². The molecule has 10 heteroatoms. The van der Waals surface area contributed by atoms with Crippen molar-refractivity contribution >= 4 is 14.0 Å². The van der Waals surface area contributed by atoms with Crippen LogP contribution in [0.1, 0.15) is 77.0 Å². The molecule has 3 aromatic heterocycles. The first-order valence-corrected chi connectivity index (χ1v) is 13.4. The Morgan fingerprint density at radius 3 is 2.08 bits per heavy atom. The fraction of sp³-hybridized carbons (Fsp3) is 0.552. The molecule has 3 aromatic rings. The van der Waals surface area contributed by atoms with Crippen molar-refractivity contribution in [1.29, 1.82) is 0 Å². The zero-order chi connectivity index (χ0) is 26.2. The molecule has 0 amide bonds. The van der Waals surface area contributed by atoms with E-state index < -0.39 is 0 Å². The number of rotatable bonds is 10. The Morgan fingerprint density at radius 1 is 0.974 bits per heavy atom. The van der Waals surface area contributed by atoms with Crippen molar-refractivity contribution in [1.82, 2.24) is 25.3 Å². The molecule has 4 heterocycles. The van der Waals surface area contributed by atoms with E-state index in [-0.39, 0.29) is 63.4 Å². The van der Waals surface area contributed by atoms with Crippen LogP contribution in [0.25, 0.3) is 16.8 Å². The fourth-order valence-electron chi connectivity index (χ4n) is 4.47. The average Bonchev–Trinajstić information content (AvgIpc) is 3.56. The van der Waals surface area contributed by atoms with Gasteiger partial charge in [0.1, 0.15) is 7.05 Å². The molecule has 211 valence electrons. The Kier molecular flexibility index (Phi) is 24.4. The Morgan fingerprint density at radius 2 is 1.54 bits per heavy atom. The quantitative estimate of drug-likeness (QED) is 0.111. The van der Waals surface area contributed by atoms with Gasteiger partial charge in [-0.3, -0.25) is 10.2 Å². The molecule has 0 aromatic carbocycles. The summed E-state index contributed by atoms with van der Waals surface area (Å²) in [7, 11) is 5.22. The van der Waals surface area contributed by atoms with Gasteiger partial charge in [-0.25, -0.2) is 4.57 Å². The van der Waals surface area contributed by atoms with Crippen molar-refractivity contribution < 1.29 is 64.6 Å². The number of nitrogens with zero attached hydrogens (tertiary/aromatic N) is 4. The minimum absolute atomic E-state index is 0. The molecule has 1 aliphatic heterocycles. The van der Waals surface area contributed by atoms with Crippen molar-refractivity contribution in [3.05, 3.63) is 59.8 Å². The Bertz CT molecular complexity index is 1050. The number of aromatic amines is 2. The van der Waals surface area contributed by atoms with Gasteiger partial charge in [-0.1, -0.05) is 45.6 Å². The Labute approximate surface area is 279 Å². The van der Waals surface area contributed by atoms with Crippen molar-refractivity contribution in [3.63, 3.8) is 0 Å². The molecular weight excluding hydrogens is 609 g/mol. The number of unbranched alkanes of at least 4 members (excludes halogenated alkanes) is 4. The van der Waals surface area contributed by atoms with Gasteiger partial charge in [0.2, 0.25) is 0 Å². The van der Waals surface area contributed by atoms with Crippen LogP contribution in [0.5, 0.6) is 0 Å². The monoisotopic (exact) mass is 657 g/mol. The zero-order valence-electron chi connectivity index (χ0n) is 26.0. The molecule has 0 unspecified atom stereocenters. The SMILES string of the molecule is CCCCCc1cn[nH]c1-c1ccc[n+](C)c1.CCCCCc1cn[nH]c1C1=CCCN(C)C1.CO.[B].[H-].[I-].[Na+]. The van der Waals surface area contributed by atoms with E-state index in [2.05, 4.69) is 75.2 Å². The number of nitrogens with one attached hydrogen (secondary N) is 2. The van der Waals surface area contributed by atoms with Gasteiger partial charge in [-0.05, 0) is 61.9 Å². The summed E-state index contributed by atoms with van der Waals surface area (Å²) in [5.41, 5.74) is 7.77. The van der Waals surface area contributed by atoms with Crippen molar-refractivity contribution in [3.8, 4) is 11.3 Å². The molecule has 3 N–H and O–H groups in total. The zero-order valence-corrected chi connectivity index (χ0v) is 29.2. The number of halogens is 1. The summed E-state index contributed by atoms with van der Waals surface area (Å²) in [4.78, 5) is 2.37. The second kappa shape index (κ2) is 23.7. The number of H-pyrrole nitrogens is 2. The van der Waals surface area contributed by atoms with Gasteiger partial charge in [-0.15, -0.1) is 0 Å². The summed E-state index contributed by atoms with van der Waals surface area (Å²) in [5, 5.41) is 21.7. The number of aliphatic hydroxyl groups excluding tert-OH is 1.